The second-order valence-corrected chi connectivity index (χ2v) is 2.54. The summed E-state index contributed by atoms with van der Waals surface area (Å²) in [5, 5.41) is 12.7. The SMILES string of the molecule is N#CSc1cscn1. The zero-order valence-electron chi connectivity index (χ0n) is 3.87. The number of thiazole rings is 1. The van der Waals surface area contributed by atoms with E-state index in [1.54, 1.807) is 5.51 Å². The second-order valence-electron chi connectivity index (χ2n) is 1.02. The quantitative estimate of drug-likeness (QED) is 0.442. The highest BCUT2D eigenvalue weighted by atomic mass is 32.2. The van der Waals surface area contributed by atoms with Crippen LogP contribution in [0.25, 0.3) is 0 Å². The van der Waals surface area contributed by atoms with Gasteiger partial charge in [0.05, 0.1) is 5.51 Å². The maximum Gasteiger partial charge on any atom is 0.140 e. The minimum Gasteiger partial charge on any atom is -0.237 e. The number of nitriles is 1. The molecule has 40 valence electrons. The van der Waals surface area contributed by atoms with E-state index in [4.69, 9.17) is 5.26 Å². The summed E-state index contributed by atoms with van der Waals surface area (Å²) in [6.45, 7) is 0. The fraction of sp³-hybridized carbons (Fsp3) is 0. The molecule has 8 heavy (non-hydrogen) atoms. The van der Waals surface area contributed by atoms with Gasteiger partial charge < -0.3 is 0 Å². The molecule has 1 heterocycles. The summed E-state index contributed by atoms with van der Waals surface area (Å²) >= 11 is 2.58. The van der Waals surface area contributed by atoms with E-state index >= 15 is 0 Å². The molecule has 0 aliphatic rings. The van der Waals surface area contributed by atoms with Crippen LogP contribution >= 0.6 is 23.1 Å². The van der Waals surface area contributed by atoms with Crippen molar-refractivity contribution in [2.45, 2.75) is 5.03 Å². The highest BCUT2D eigenvalue weighted by molar-refractivity contribution is 8.03. The van der Waals surface area contributed by atoms with Gasteiger partial charge in [-0.05, 0) is 0 Å². The second kappa shape index (κ2) is 2.70. The first-order chi connectivity index (χ1) is 3.93. The predicted molar refractivity (Wildman–Crippen MR) is 33.6 cm³/mol. The van der Waals surface area contributed by atoms with Crippen LogP contribution in [-0.2, 0) is 0 Å². The third kappa shape index (κ3) is 1.22. The minimum atomic E-state index is 0.789. The lowest BCUT2D eigenvalue weighted by atomic mass is 11.0. The zero-order valence-corrected chi connectivity index (χ0v) is 5.50. The van der Waals surface area contributed by atoms with Crippen LogP contribution in [0.1, 0.15) is 0 Å². The van der Waals surface area contributed by atoms with E-state index in [1.807, 2.05) is 10.8 Å². The average molecular weight is 142 g/mol. The van der Waals surface area contributed by atoms with Gasteiger partial charge in [-0.25, -0.2) is 4.98 Å². The molecule has 0 radical (unpaired) electrons. The molecule has 0 atom stereocenters. The van der Waals surface area contributed by atoms with Gasteiger partial charge in [0.15, 0.2) is 0 Å². The van der Waals surface area contributed by atoms with Crippen molar-refractivity contribution in [3.8, 4) is 5.40 Å². The van der Waals surface area contributed by atoms with Crippen molar-refractivity contribution in [3.63, 3.8) is 0 Å². The Bertz CT molecular complexity index is 186. The fourth-order valence-electron chi connectivity index (χ4n) is 0.299. The summed E-state index contributed by atoms with van der Waals surface area (Å²) < 4.78 is 0. The number of aromatic nitrogens is 1. The van der Waals surface area contributed by atoms with Crippen LogP contribution in [0.2, 0.25) is 0 Å². The van der Waals surface area contributed by atoms with Crippen LogP contribution in [-0.4, -0.2) is 4.98 Å². The van der Waals surface area contributed by atoms with Crippen LogP contribution in [0.15, 0.2) is 15.9 Å². The molecule has 4 heteroatoms. The minimum absolute atomic E-state index is 0.789. The van der Waals surface area contributed by atoms with E-state index in [0.29, 0.717) is 0 Å². The van der Waals surface area contributed by atoms with Crippen molar-refractivity contribution in [2.24, 2.45) is 0 Å². The van der Waals surface area contributed by atoms with Crippen LogP contribution in [0.3, 0.4) is 0 Å². The summed E-state index contributed by atoms with van der Waals surface area (Å²) in [5.41, 5.74) is 1.71. The number of rotatable bonds is 1. The molecule has 1 rings (SSSR count). The number of hydrogen-bond acceptors (Lipinski definition) is 4. The molecule has 0 aliphatic carbocycles. The van der Waals surface area contributed by atoms with Crippen molar-refractivity contribution in [3.05, 3.63) is 10.9 Å². The van der Waals surface area contributed by atoms with Crippen LogP contribution in [0.4, 0.5) is 0 Å². The lowest BCUT2D eigenvalue weighted by Gasteiger charge is -1.74. The van der Waals surface area contributed by atoms with E-state index in [9.17, 15) is 0 Å². The number of thioether (sulfide) groups is 1. The molecule has 1 aromatic heterocycles. The molecule has 0 saturated carbocycles. The Morgan fingerprint density at radius 2 is 2.75 bits per heavy atom. The molecule has 0 saturated heterocycles. The van der Waals surface area contributed by atoms with Gasteiger partial charge in [0.1, 0.15) is 10.4 Å². The maximum atomic E-state index is 8.12. The molecule has 2 nitrogen and oxygen atoms in total. The monoisotopic (exact) mass is 142 g/mol. The van der Waals surface area contributed by atoms with Crippen molar-refractivity contribution in [2.75, 3.05) is 0 Å². The van der Waals surface area contributed by atoms with Gasteiger partial charge in [0, 0.05) is 17.1 Å². The van der Waals surface area contributed by atoms with E-state index in [-0.39, 0.29) is 0 Å². The molecular weight excluding hydrogens is 140 g/mol. The number of thiocyanates is 1. The van der Waals surface area contributed by atoms with Gasteiger partial charge in [-0.2, -0.15) is 5.26 Å². The molecular formula is C4H2N2S2. The first-order valence-electron chi connectivity index (χ1n) is 1.87. The smallest absolute Gasteiger partial charge is 0.140 e. The van der Waals surface area contributed by atoms with Gasteiger partial charge in [0.25, 0.3) is 0 Å². The van der Waals surface area contributed by atoms with E-state index in [1.165, 1.54) is 11.3 Å². The summed E-state index contributed by atoms with van der Waals surface area (Å²) in [7, 11) is 0. The van der Waals surface area contributed by atoms with E-state index in [0.717, 1.165) is 16.8 Å². The van der Waals surface area contributed by atoms with Crippen molar-refractivity contribution >= 4 is 23.1 Å². The summed E-state index contributed by atoms with van der Waals surface area (Å²) in [6, 6.07) is 0. The van der Waals surface area contributed by atoms with Crippen molar-refractivity contribution in [1.82, 2.24) is 4.98 Å². The summed E-state index contributed by atoms with van der Waals surface area (Å²) in [5.74, 6) is 0. The molecule has 0 spiro atoms. The molecule has 0 aromatic carbocycles. The zero-order chi connectivity index (χ0) is 5.82. The molecule has 0 unspecified atom stereocenters. The van der Waals surface area contributed by atoms with Gasteiger partial charge >= 0.3 is 0 Å². The number of nitrogens with zero attached hydrogens (tertiary/aromatic N) is 2. The average Bonchev–Trinajstić information content (AvgIpc) is 2.19. The molecule has 0 aliphatic heterocycles. The first kappa shape index (κ1) is 5.60. The Morgan fingerprint density at radius 1 is 1.88 bits per heavy atom. The Kier molecular flexibility index (Phi) is 1.89. The Morgan fingerprint density at radius 3 is 3.25 bits per heavy atom. The van der Waals surface area contributed by atoms with Gasteiger partial charge in [-0.1, -0.05) is 0 Å². The van der Waals surface area contributed by atoms with E-state index < -0.39 is 0 Å². The molecule has 0 amide bonds. The lowest BCUT2D eigenvalue weighted by molar-refractivity contribution is 1.21. The van der Waals surface area contributed by atoms with Crippen LogP contribution in [0.5, 0.6) is 0 Å². The molecule has 1 aromatic rings. The van der Waals surface area contributed by atoms with Crippen LogP contribution < -0.4 is 0 Å². The van der Waals surface area contributed by atoms with Crippen molar-refractivity contribution in [1.29, 1.82) is 5.26 Å². The van der Waals surface area contributed by atoms with Gasteiger partial charge in [-0.15, -0.1) is 11.3 Å². The highest BCUT2D eigenvalue weighted by Gasteiger charge is 1.89. The topological polar surface area (TPSA) is 36.7 Å². The predicted octanol–water partition coefficient (Wildman–Crippen LogP) is 1.72. The standard InChI is InChI=1S/C4H2N2S2/c5-2-8-4-1-7-3-6-4/h1,3H. The Labute approximate surface area is 55.2 Å². The largest absolute Gasteiger partial charge is 0.237 e. The Balaban J connectivity index is 2.67. The third-order valence-electron chi connectivity index (χ3n) is 0.560. The van der Waals surface area contributed by atoms with Crippen LogP contribution in [0, 0.1) is 10.7 Å². The highest BCUT2D eigenvalue weighted by Crippen LogP contribution is 2.14. The summed E-state index contributed by atoms with van der Waals surface area (Å²) in [4.78, 5) is 3.86. The lowest BCUT2D eigenvalue weighted by Crippen LogP contribution is -1.59. The maximum absolute atomic E-state index is 8.12. The fourth-order valence-corrected chi connectivity index (χ4v) is 1.34. The third-order valence-corrected chi connectivity index (χ3v) is 1.82. The normalized spacial score (nSPS) is 8.38. The molecule has 0 bridgehead atoms. The van der Waals surface area contributed by atoms with Crippen molar-refractivity contribution < 1.29 is 0 Å². The molecule has 0 N–H and O–H groups in total. The van der Waals surface area contributed by atoms with E-state index in [2.05, 4.69) is 4.98 Å². The van der Waals surface area contributed by atoms with Gasteiger partial charge in [0.2, 0.25) is 0 Å². The molecule has 0 fully saturated rings. The first-order valence-corrected chi connectivity index (χ1v) is 3.63. The Hall–Kier alpha value is -0.530. The van der Waals surface area contributed by atoms with Gasteiger partial charge in [-0.3, -0.25) is 0 Å². The summed E-state index contributed by atoms with van der Waals surface area (Å²) in [6.07, 6.45) is 0. The number of hydrogen-bond donors (Lipinski definition) is 0.